The second-order valence-electron chi connectivity index (χ2n) is 8.21. The highest BCUT2D eigenvalue weighted by Crippen LogP contribution is 2.30. The predicted octanol–water partition coefficient (Wildman–Crippen LogP) is 0.930. The van der Waals surface area contributed by atoms with Crippen LogP contribution in [0.5, 0.6) is 0 Å². The third-order valence-electron chi connectivity index (χ3n) is 6.25. The van der Waals surface area contributed by atoms with E-state index in [2.05, 4.69) is 37.5 Å². The van der Waals surface area contributed by atoms with Crippen molar-refractivity contribution in [1.29, 1.82) is 5.26 Å². The maximum Gasteiger partial charge on any atom is 0.228 e. The van der Waals surface area contributed by atoms with Gasteiger partial charge in [-0.05, 0) is 46.2 Å². The number of carbonyl (C=O) groups excluding carboxylic acids is 1. The number of hydrogen-bond donors (Lipinski definition) is 0. The Hall–Kier alpha value is -3.68. The minimum atomic E-state index is -0.0350. The summed E-state index contributed by atoms with van der Waals surface area (Å²) in [5.74, 6) is 0.0789. The van der Waals surface area contributed by atoms with Crippen LogP contribution in [0.25, 0.3) is 5.69 Å². The summed E-state index contributed by atoms with van der Waals surface area (Å²) in [5, 5.41) is 20.4. The molecular weight excluding hydrogens is 420 g/mol. The first kappa shape index (κ1) is 21.2. The Bertz CT molecular complexity index is 1150. The van der Waals surface area contributed by atoms with E-state index in [0.29, 0.717) is 19.7 Å². The van der Waals surface area contributed by atoms with Gasteiger partial charge in [0.2, 0.25) is 5.91 Å². The van der Waals surface area contributed by atoms with Crippen molar-refractivity contribution < 1.29 is 9.53 Å². The van der Waals surface area contributed by atoms with Crippen LogP contribution in [0.1, 0.15) is 28.5 Å². The summed E-state index contributed by atoms with van der Waals surface area (Å²) in [4.78, 5) is 21.4. The third kappa shape index (κ3) is 4.60. The highest BCUT2D eigenvalue weighted by Gasteiger charge is 2.28. The van der Waals surface area contributed by atoms with Crippen molar-refractivity contribution in [2.75, 3.05) is 39.3 Å². The Morgan fingerprint density at radius 2 is 2.06 bits per heavy atom. The quantitative estimate of drug-likeness (QED) is 0.571. The van der Waals surface area contributed by atoms with Gasteiger partial charge in [0, 0.05) is 38.4 Å². The minimum Gasteiger partial charge on any atom is -0.372 e. The van der Waals surface area contributed by atoms with Crippen LogP contribution in [0.4, 0.5) is 0 Å². The fraction of sp³-hybridized carbons (Fsp3) is 0.391. The number of piperazine rings is 1. The molecule has 1 unspecified atom stereocenters. The van der Waals surface area contributed by atoms with Crippen LogP contribution in [0.2, 0.25) is 0 Å². The molecule has 0 radical (unpaired) electrons. The van der Waals surface area contributed by atoms with Gasteiger partial charge in [-0.25, -0.2) is 0 Å². The molecule has 3 aromatic rings. The second kappa shape index (κ2) is 9.44. The fourth-order valence-electron chi connectivity index (χ4n) is 4.45. The molecule has 1 saturated heterocycles. The van der Waals surface area contributed by atoms with E-state index in [1.165, 1.54) is 11.0 Å². The fourth-order valence-corrected chi connectivity index (χ4v) is 4.45. The second-order valence-corrected chi connectivity index (χ2v) is 8.21. The van der Waals surface area contributed by atoms with Crippen LogP contribution < -0.4 is 0 Å². The van der Waals surface area contributed by atoms with Crippen LogP contribution in [-0.2, 0) is 22.4 Å². The Kier molecular flexibility index (Phi) is 6.06. The van der Waals surface area contributed by atoms with E-state index in [1.807, 2.05) is 29.2 Å². The standard InChI is InChI=1S/C23H24N8O2/c24-13-17-2-1-3-21-20(17)6-11-33-22(21)15-29-7-9-30(10-8-29)23(32)12-18-4-5-19(14-25-18)31-16-26-27-28-31/h1-5,14,16,22H,6-12,15H2. The van der Waals surface area contributed by atoms with E-state index < -0.39 is 0 Å². The zero-order valence-electron chi connectivity index (χ0n) is 18.2. The number of amides is 1. The highest BCUT2D eigenvalue weighted by molar-refractivity contribution is 5.78. The number of fused-ring (bicyclic) bond motifs is 1. The van der Waals surface area contributed by atoms with E-state index in [0.717, 1.165) is 54.1 Å². The molecule has 0 aliphatic carbocycles. The lowest BCUT2D eigenvalue weighted by molar-refractivity contribution is -0.132. The lowest BCUT2D eigenvalue weighted by Crippen LogP contribution is -2.50. The SMILES string of the molecule is N#Cc1cccc2c1CCOC2CN1CCN(C(=O)Cc2ccc(-n3cnnn3)cn2)CC1. The summed E-state index contributed by atoms with van der Waals surface area (Å²) in [6, 6.07) is 11.9. The minimum absolute atomic E-state index is 0.0350. The van der Waals surface area contributed by atoms with Gasteiger partial charge >= 0.3 is 0 Å². The number of pyridine rings is 1. The maximum atomic E-state index is 12.8. The first-order valence-corrected chi connectivity index (χ1v) is 11.0. The Labute approximate surface area is 191 Å². The third-order valence-corrected chi connectivity index (χ3v) is 6.25. The molecule has 2 aliphatic rings. The number of rotatable bonds is 5. The van der Waals surface area contributed by atoms with Gasteiger partial charge in [-0.15, -0.1) is 5.10 Å². The summed E-state index contributed by atoms with van der Waals surface area (Å²) in [5.41, 5.74) is 4.45. The molecule has 168 valence electrons. The van der Waals surface area contributed by atoms with Gasteiger partial charge in [0.05, 0.1) is 42.6 Å². The van der Waals surface area contributed by atoms with Crippen LogP contribution in [0.15, 0.2) is 42.9 Å². The molecule has 1 aromatic carbocycles. The van der Waals surface area contributed by atoms with E-state index in [4.69, 9.17) is 4.74 Å². The van der Waals surface area contributed by atoms with Crippen molar-refractivity contribution in [1.82, 2.24) is 35.0 Å². The molecule has 0 bridgehead atoms. The van der Waals surface area contributed by atoms with Crippen LogP contribution >= 0.6 is 0 Å². The van der Waals surface area contributed by atoms with Crippen molar-refractivity contribution in [3.05, 3.63) is 65.2 Å². The molecule has 33 heavy (non-hydrogen) atoms. The molecule has 10 nitrogen and oxygen atoms in total. The summed E-state index contributed by atoms with van der Waals surface area (Å²) >= 11 is 0. The molecule has 5 rings (SSSR count). The van der Waals surface area contributed by atoms with Crippen molar-refractivity contribution in [3.63, 3.8) is 0 Å². The summed E-state index contributed by atoms with van der Waals surface area (Å²) in [6.45, 7) is 4.35. The van der Waals surface area contributed by atoms with Gasteiger partial charge in [-0.3, -0.25) is 14.7 Å². The summed E-state index contributed by atoms with van der Waals surface area (Å²) < 4.78 is 7.56. The van der Waals surface area contributed by atoms with E-state index in [-0.39, 0.29) is 18.4 Å². The van der Waals surface area contributed by atoms with Gasteiger partial charge < -0.3 is 9.64 Å². The number of ether oxygens (including phenoxy) is 1. The van der Waals surface area contributed by atoms with Gasteiger partial charge in [0.25, 0.3) is 0 Å². The Morgan fingerprint density at radius 1 is 1.18 bits per heavy atom. The zero-order chi connectivity index (χ0) is 22.6. The average molecular weight is 444 g/mol. The van der Waals surface area contributed by atoms with Gasteiger partial charge in [-0.1, -0.05) is 12.1 Å². The number of benzene rings is 1. The van der Waals surface area contributed by atoms with Crippen LogP contribution in [-0.4, -0.2) is 80.2 Å². The van der Waals surface area contributed by atoms with Crippen LogP contribution in [0, 0.1) is 11.3 Å². The van der Waals surface area contributed by atoms with E-state index in [1.54, 1.807) is 6.20 Å². The molecule has 1 amide bonds. The summed E-state index contributed by atoms with van der Waals surface area (Å²) in [7, 11) is 0. The largest absolute Gasteiger partial charge is 0.372 e. The lowest BCUT2D eigenvalue weighted by Gasteiger charge is -2.37. The number of tetrazole rings is 1. The maximum absolute atomic E-state index is 12.8. The Morgan fingerprint density at radius 3 is 2.79 bits per heavy atom. The molecule has 0 spiro atoms. The predicted molar refractivity (Wildman–Crippen MR) is 117 cm³/mol. The van der Waals surface area contributed by atoms with Crippen molar-refractivity contribution in [2.45, 2.75) is 18.9 Å². The molecule has 0 saturated carbocycles. The molecule has 0 N–H and O–H groups in total. The van der Waals surface area contributed by atoms with Crippen molar-refractivity contribution in [2.24, 2.45) is 0 Å². The van der Waals surface area contributed by atoms with Crippen LogP contribution in [0.3, 0.4) is 0 Å². The van der Waals surface area contributed by atoms with Gasteiger partial charge in [0.1, 0.15) is 6.33 Å². The highest BCUT2D eigenvalue weighted by atomic mass is 16.5. The van der Waals surface area contributed by atoms with E-state index >= 15 is 0 Å². The number of carbonyl (C=O) groups is 1. The summed E-state index contributed by atoms with van der Waals surface area (Å²) in [6.07, 6.45) is 4.18. The molecular formula is C23H24N8O2. The van der Waals surface area contributed by atoms with Crippen molar-refractivity contribution >= 4 is 5.91 Å². The number of hydrogen-bond acceptors (Lipinski definition) is 8. The number of nitriles is 1. The molecule has 4 heterocycles. The Balaban J connectivity index is 1.14. The molecule has 2 aliphatic heterocycles. The first-order valence-electron chi connectivity index (χ1n) is 11.0. The van der Waals surface area contributed by atoms with E-state index in [9.17, 15) is 10.1 Å². The molecule has 1 fully saturated rings. The number of nitrogens with zero attached hydrogens (tertiary/aromatic N) is 8. The van der Waals surface area contributed by atoms with Gasteiger partial charge in [0.15, 0.2) is 0 Å². The van der Waals surface area contributed by atoms with Crippen molar-refractivity contribution in [3.8, 4) is 11.8 Å². The molecule has 1 atom stereocenters. The monoisotopic (exact) mass is 444 g/mol. The molecule has 2 aromatic heterocycles. The smallest absolute Gasteiger partial charge is 0.228 e. The average Bonchev–Trinajstić information content (AvgIpc) is 3.40. The molecule has 10 heteroatoms. The lowest BCUT2D eigenvalue weighted by atomic mass is 9.93. The first-order chi connectivity index (χ1) is 16.2. The zero-order valence-corrected chi connectivity index (χ0v) is 18.2. The number of aromatic nitrogens is 5. The topological polar surface area (TPSA) is 113 Å². The van der Waals surface area contributed by atoms with Gasteiger partial charge in [-0.2, -0.15) is 9.94 Å². The normalized spacial score (nSPS) is 18.5.